The number of aromatic nitrogens is 2. The van der Waals surface area contributed by atoms with Crippen LogP contribution in [0.3, 0.4) is 0 Å². The van der Waals surface area contributed by atoms with Crippen molar-refractivity contribution in [2.75, 3.05) is 25.0 Å². The van der Waals surface area contributed by atoms with Gasteiger partial charge in [-0.25, -0.2) is 0 Å². The van der Waals surface area contributed by atoms with Crippen LogP contribution in [0, 0.1) is 5.92 Å². The lowest BCUT2D eigenvalue weighted by atomic mass is 10.1. The van der Waals surface area contributed by atoms with E-state index in [0.717, 1.165) is 19.5 Å². The van der Waals surface area contributed by atoms with E-state index >= 15 is 0 Å². The van der Waals surface area contributed by atoms with Crippen molar-refractivity contribution in [1.82, 2.24) is 15.5 Å². The Kier molecular flexibility index (Phi) is 5.41. The van der Waals surface area contributed by atoms with Crippen LogP contribution in [0.15, 0.2) is 4.42 Å². The number of hydrogen-bond acceptors (Lipinski definition) is 5. The van der Waals surface area contributed by atoms with Gasteiger partial charge < -0.3 is 14.6 Å². The fourth-order valence-corrected chi connectivity index (χ4v) is 1.50. The minimum Gasteiger partial charge on any atom is -0.406 e. The Balaban J connectivity index is 2.54. The Morgan fingerprint density at radius 2 is 2.00 bits per heavy atom. The Labute approximate surface area is 104 Å². The monoisotopic (exact) mass is 240 g/mol. The van der Waals surface area contributed by atoms with Gasteiger partial charge in [-0.1, -0.05) is 25.9 Å². The second-order valence-corrected chi connectivity index (χ2v) is 4.81. The molecule has 0 saturated heterocycles. The van der Waals surface area contributed by atoms with Crippen LogP contribution in [0.1, 0.15) is 46.0 Å². The molecular formula is C12H24N4O. The van der Waals surface area contributed by atoms with Crippen molar-refractivity contribution in [3.63, 3.8) is 0 Å². The lowest BCUT2D eigenvalue weighted by molar-refractivity contribution is 0.419. The molecule has 1 N–H and O–H groups in total. The third-order valence-corrected chi connectivity index (χ3v) is 2.68. The van der Waals surface area contributed by atoms with Gasteiger partial charge in [0, 0.05) is 13.6 Å². The average Bonchev–Trinajstić information content (AvgIpc) is 2.75. The molecule has 5 nitrogen and oxygen atoms in total. The van der Waals surface area contributed by atoms with Crippen molar-refractivity contribution in [3.05, 3.63) is 5.89 Å². The molecular weight excluding hydrogens is 216 g/mol. The highest BCUT2D eigenvalue weighted by atomic mass is 16.4. The molecule has 5 heteroatoms. The molecule has 0 aromatic carbocycles. The van der Waals surface area contributed by atoms with E-state index < -0.39 is 0 Å². The largest absolute Gasteiger partial charge is 0.406 e. The summed E-state index contributed by atoms with van der Waals surface area (Å²) in [7, 11) is 1.98. The molecule has 0 aliphatic carbocycles. The van der Waals surface area contributed by atoms with E-state index in [-0.39, 0.29) is 6.04 Å². The molecule has 0 aliphatic rings. The number of hydrogen-bond donors (Lipinski definition) is 1. The fourth-order valence-electron chi connectivity index (χ4n) is 1.50. The summed E-state index contributed by atoms with van der Waals surface area (Å²) < 4.78 is 5.63. The Morgan fingerprint density at radius 1 is 1.29 bits per heavy atom. The number of anilines is 1. The third-order valence-electron chi connectivity index (χ3n) is 2.68. The minimum atomic E-state index is 0.111. The molecule has 1 heterocycles. The predicted octanol–water partition coefficient (Wildman–Crippen LogP) is 2.22. The van der Waals surface area contributed by atoms with Gasteiger partial charge in [0.05, 0.1) is 6.04 Å². The third kappa shape index (κ3) is 4.34. The van der Waals surface area contributed by atoms with Crippen LogP contribution >= 0.6 is 0 Å². The molecule has 1 rings (SSSR count). The van der Waals surface area contributed by atoms with E-state index in [1.807, 2.05) is 18.9 Å². The zero-order valence-electron chi connectivity index (χ0n) is 11.5. The molecule has 0 saturated carbocycles. The van der Waals surface area contributed by atoms with Gasteiger partial charge in [-0.05, 0) is 25.8 Å². The molecule has 1 atom stereocenters. The van der Waals surface area contributed by atoms with E-state index in [2.05, 4.69) is 36.3 Å². The smallest absolute Gasteiger partial charge is 0.317 e. The summed E-state index contributed by atoms with van der Waals surface area (Å²) in [5, 5.41) is 11.4. The van der Waals surface area contributed by atoms with Gasteiger partial charge in [0.2, 0.25) is 5.89 Å². The highest BCUT2D eigenvalue weighted by Crippen LogP contribution is 2.16. The summed E-state index contributed by atoms with van der Waals surface area (Å²) in [6.07, 6.45) is 1.12. The summed E-state index contributed by atoms with van der Waals surface area (Å²) in [6, 6.07) is 0.713. The van der Waals surface area contributed by atoms with E-state index in [0.29, 0.717) is 17.8 Å². The molecule has 1 unspecified atom stereocenters. The first-order valence-corrected chi connectivity index (χ1v) is 6.32. The van der Waals surface area contributed by atoms with Crippen molar-refractivity contribution < 1.29 is 4.42 Å². The lowest BCUT2D eigenvalue weighted by Gasteiger charge is -2.15. The second-order valence-electron chi connectivity index (χ2n) is 4.81. The molecule has 0 spiro atoms. The van der Waals surface area contributed by atoms with Gasteiger partial charge in [0.15, 0.2) is 0 Å². The molecule has 98 valence electrons. The highest BCUT2D eigenvalue weighted by molar-refractivity contribution is 5.21. The van der Waals surface area contributed by atoms with Crippen molar-refractivity contribution in [1.29, 1.82) is 0 Å². The molecule has 0 amide bonds. The minimum absolute atomic E-state index is 0.111. The van der Waals surface area contributed by atoms with Gasteiger partial charge in [-0.2, -0.15) is 0 Å². The second kappa shape index (κ2) is 6.59. The van der Waals surface area contributed by atoms with Crippen LogP contribution < -0.4 is 10.2 Å². The Hall–Kier alpha value is -1.10. The normalized spacial score (nSPS) is 13.1. The maximum absolute atomic E-state index is 5.63. The van der Waals surface area contributed by atoms with Crippen molar-refractivity contribution >= 4 is 6.01 Å². The first-order valence-electron chi connectivity index (χ1n) is 6.32. The van der Waals surface area contributed by atoms with Crippen LogP contribution in [-0.2, 0) is 0 Å². The fraction of sp³-hybridized carbons (Fsp3) is 0.833. The highest BCUT2D eigenvalue weighted by Gasteiger charge is 2.15. The van der Waals surface area contributed by atoms with Gasteiger partial charge in [0.25, 0.3) is 0 Å². The molecule has 1 aromatic rings. The van der Waals surface area contributed by atoms with Gasteiger partial charge in [0.1, 0.15) is 0 Å². The molecule has 17 heavy (non-hydrogen) atoms. The van der Waals surface area contributed by atoms with Crippen LogP contribution in [0.2, 0.25) is 0 Å². The topological polar surface area (TPSA) is 54.2 Å². The van der Waals surface area contributed by atoms with E-state index in [1.54, 1.807) is 0 Å². The van der Waals surface area contributed by atoms with Crippen molar-refractivity contribution in [2.24, 2.45) is 5.92 Å². The zero-order valence-corrected chi connectivity index (χ0v) is 11.5. The maximum Gasteiger partial charge on any atom is 0.317 e. The van der Waals surface area contributed by atoms with Crippen molar-refractivity contribution in [3.8, 4) is 0 Å². The first-order chi connectivity index (χ1) is 8.04. The number of nitrogens with zero attached hydrogens (tertiary/aromatic N) is 3. The summed E-state index contributed by atoms with van der Waals surface area (Å²) in [5.41, 5.74) is 0. The van der Waals surface area contributed by atoms with Crippen LogP contribution in [-0.4, -0.2) is 30.3 Å². The lowest BCUT2D eigenvalue weighted by Crippen LogP contribution is -2.20. The van der Waals surface area contributed by atoms with E-state index in [1.165, 1.54) is 0 Å². The molecule has 0 radical (unpaired) electrons. The molecule has 0 fully saturated rings. The van der Waals surface area contributed by atoms with Crippen LogP contribution in [0.5, 0.6) is 0 Å². The molecule has 0 bridgehead atoms. The van der Waals surface area contributed by atoms with Crippen molar-refractivity contribution in [2.45, 2.75) is 40.2 Å². The first kappa shape index (κ1) is 14.0. The summed E-state index contributed by atoms with van der Waals surface area (Å²) in [6.45, 7) is 10.3. The number of rotatable bonds is 7. The summed E-state index contributed by atoms with van der Waals surface area (Å²) in [5.74, 6) is 1.33. The Morgan fingerprint density at radius 3 is 2.59 bits per heavy atom. The quantitative estimate of drug-likeness (QED) is 0.792. The average molecular weight is 240 g/mol. The summed E-state index contributed by atoms with van der Waals surface area (Å²) in [4.78, 5) is 2.01. The predicted molar refractivity (Wildman–Crippen MR) is 69.1 cm³/mol. The van der Waals surface area contributed by atoms with Crippen LogP contribution in [0.4, 0.5) is 6.01 Å². The van der Waals surface area contributed by atoms with E-state index in [4.69, 9.17) is 4.42 Å². The summed E-state index contributed by atoms with van der Waals surface area (Å²) >= 11 is 0. The van der Waals surface area contributed by atoms with Crippen LogP contribution in [0.25, 0.3) is 0 Å². The van der Waals surface area contributed by atoms with Gasteiger partial charge in [-0.15, -0.1) is 5.10 Å². The van der Waals surface area contributed by atoms with Gasteiger partial charge in [-0.3, -0.25) is 0 Å². The van der Waals surface area contributed by atoms with E-state index in [9.17, 15) is 0 Å². The SMILES string of the molecule is CCNC(C)c1nnc(N(C)CCC(C)C)o1. The number of nitrogens with one attached hydrogen (secondary N) is 1. The maximum atomic E-state index is 5.63. The Bertz CT molecular complexity index is 324. The zero-order chi connectivity index (χ0) is 12.8. The van der Waals surface area contributed by atoms with Gasteiger partial charge >= 0.3 is 6.01 Å². The molecule has 0 aliphatic heterocycles. The molecule has 1 aromatic heterocycles. The standard InChI is InChI=1S/C12H24N4O/c1-6-13-10(4)11-14-15-12(17-11)16(5)8-7-9(2)3/h9-10,13H,6-8H2,1-5H3.